The molecule has 38 heavy (non-hydrogen) atoms. The van der Waals surface area contributed by atoms with Gasteiger partial charge in [-0.1, -0.05) is 36.3 Å². The highest BCUT2D eigenvalue weighted by Gasteiger charge is 2.34. The van der Waals surface area contributed by atoms with Crippen LogP contribution in [0.25, 0.3) is 22.6 Å². The number of aliphatic hydroxyl groups is 1. The van der Waals surface area contributed by atoms with Crippen molar-refractivity contribution in [3.05, 3.63) is 71.7 Å². The molecule has 192 valence electrons. The Morgan fingerprint density at radius 1 is 1.05 bits per heavy atom. The van der Waals surface area contributed by atoms with Crippen LogP contribution in [0.15, 0.2) is 54.7 Å². The van der Waals surface area contributed by atoms with E-state index in [2.05, 4.69) is 21.7 Å². The average Bonchev–Trinajstić information content (AvgIpc) is 3.72. The molecule has 1 aliphatic heterocycles. The van der Waals surface area contributed by atoms with Gasteiger partial charge in [-0.25, -0.2) is 14.6 Å². The first kappa shape index (κ1) is 24.2. The van der Waals surface area contributed by atoms with E-state index in [4.69, 9.17) is 19.7 Å². The number of aromatic nitrogens is 6. The van der Waals surface area contributed by atoms with Gasteiger partial charge >= 0.3 is 0 Å². The Balaban J connectivity index is 1.29. The van der Waals surface area contributed by atoms with Crippen LogP contribution in [-0.2, 0) is 16.9 Å². The molecule has 0 bridgehead atoms. The molecule has 2 N–H and O–H groups in total. The molecule has 0 radical (unpaired) electrons. The van der Waals surface area contributed by atoms with Gasteiger partial charge in [-0.15, -0.1) is 5.10 Å². The highest BCUT2D eigenvalue weighted by molar-refractivity contribution is 5.68. The topological polar surface area (TPSA) is 135 Å². The normalized spacial score (nSPS) is 18.4. The number of nitrogens with one attached hydrogen (secondary N) is 1. The summed E-state index contributed by atoms with van der Waals surface area (Å²) in [5, 5.41) is 32.4. The number of benzene rings is 1. The van der Waals surface area contributed by atoms with Crippen LogP contribution in [0.3, 0.4) is 0 Å². The van der Waals surface area contributed by atoms with E-state index in [0.717, 1.165) is 49.1 Å². The molecule has 0 spiro atoms. The minimum atomic E-state index is -0.836. The second kappa shape index (κ2) is 10.3. The van der Waals surface area contributed by atoms with E-state index in [-0.39, 0.29) is 6.04 Å². The molecule has 2 fully saturated rings. The van der Waals surface area contributed by atoms with Crippen molar-refractivity contribution in [2.24, 2.45) is 0 Å². The molecule has 0 amide bonds. The molecule has 1 aliphatic carbocycles. The van der Waals surface area contributed by atoms with Crippen LogP contribution in [0.5, 0.6) is 0 Å². The number of hydrogen-bond acceptors (Lipinski definition) is 9. The maximum absolute atomic E-state index is 10.9. The fourth-order valence-corrected chi connectivity index (χ4v) is 5.07. The largest absolute Gasteiger partial charge is 0.384 e. The van der Waals surface area contributed by atoms with Crippen molar-refractivity contribution < 1.29 is 9.84 Å². The zero-order chi connectivity index (χ0) is 26.0. The molecule has 6 rings (SSSR count). The molecule has 4 heterocycles. The summed E-state index contributed by atoms with van der Waals surface area (Å²) in [5.41, 5.74) is 3.97. The Labute approximate surface area is 220 Å². The SMILES string of the molecule is N#Cc1cccc(-c2cc(-c3cn(Cc4cccc(C5(O)CCCC5)n4)nn3)nc(NC3CCOC3)n2)c1. The first-order chi connectivity index (χ1) is 18.6. The van der Waals surface area contributed by atoms with Crippen molar-refractivity contribution in [3.8, 4) is 28.7 Å². The summed E-state index contributed by atoms with van der Waals surface area (Å²) in [4.78, 5) is 14.2. The van der Waals surface area contributed by atoms with Crippen molar-refractivity contribution in [2.75, 3.05) is 18.5 Å². The van der Waals surface area contributed by atoms with Gasteiger partial charge in [0.05, 0.1) is 59.8 Å². The van der Waals surface area contributed by atoms with Gasteiger partial charge in [0.15, 0.2) is 0 Å². The van der Waals surface area contributed by atoms with E-state index in [1.165, 1.54) is 0 Å². The highest BCUT2D eigenvalue weighted by Crippen LogP contribution is 2.37. The molecular formula is C28H28N8O2. The van der Waals surface area contributed by atoms with Gasteiger partial charge in [0.1, 0.15) is 11.3 Å². The zero-order valence-electron chi connectivity index (χ0n) is 20.9. The quantitative estimate of drug-likeness (QED) is 0.383. The maximum Gasteiger partial charge on any atom is 0.224 e. The van der Waals surface area contributed by atoms with Gasteiger partial charge in [-0.05, 0) is 49.6 Å². The summed E-state index contributed by atoms with van der Waals surface area (Å²) in [7, 11) is 0. The Morgan fingerprint density at radius 2 is 1.89 bits per heavy atom. The zero-order valence-corrected chi connectivity index (χ0v) is 20.9. The van der Waals surface area contributed by atoms with Gasteiger partial charge in [-0.3, -0.25) is 4.98 Å². The van der Waals surface area contributed by atoms with Crippen LogP contribution in [-0.4, -0.2) is 54.3 Å². The number of pyridine rings is 1. The first-order valence-electron chi connectivity index (χ1n) is 12.9. The minimum Gasteiger partial charge on any atom is -0.384 e. The second-order valence-corrected chi connectivity index (χ2v) is 9.91. The van der Waals surface area contributed by atoms with Crippen molar-refractivity contribution >= 4 is 5.95 Å². The predicted molar refractivity (Wildman–Crippen MR) is 140 cm³/mol. The van der Waals surface area contributed by atoms with E-state index in [9.17, 15) is 10.4 Å². The predicted octanol–water partition coefficient (Wildman–Crippen LogP) is 3.68. The summed E-state index contributed by atoms with van der Waals surface area (Å²) in [6.45, 7) is 1.73. The smallest absolute Gasteiger partial charge is 0.224 e. The molecule has 3 aromatic heterocycles. The van der Waals surface area contributed by atoms with Gasteiger partial charge in [0.25, 0.3) is 0 Å². The van der Waals surface area contributed by atoms with Crippen molar-refractivity contribution in [2.45, 2.75) is 50.3 Å². The number of anilines is 1. The van der Waals surface area contributed by atoms with Crippen LogP contribution < -0.4 is 5.32 Å². The fraction of sp³-hybridized carbons (Fsp3) is 0.357. The molecule has 1 aromatic carbocycles. The number of nitriles is 1. The van der Waals surface area contributed by atoms with Crippen molar-refractivity contribution in [1.29, 1.82) is 5.26 Å². The third-order valence-electron chi connectivity index (χ3n) is 7.12. The monoisotopic (exact) mass is 508 g/mol. The second-order valence-electron chi connectivity index (χ2n) is 9.91. The lowest BCUT2D eigenvalue weighted by molar-refractivity contribution is 0.0397. The van der Waals surface area contributed by atoms with Crippen LogP contribution in [0.2, 0.25) is 0 Å². The van der Waals surface area contributed by atoms with E-state index in [1.54, 1.807) is 10.7 Å². The lowest BCUT2D eigenvalue weighted by atomic mass is 9.97. The summed E-state index contributed by atoms with van der Waals surface area (Å²) in [6.07, 6.45) is 6.23. The first-order valence-corrected chi connectivity index (χ1v) is 12.9. The average molecular weight is 509 g/mol. The molecule has 2 aliphatic rings. The van der Waals surface area contributed by atoms with Crippen molar-refractivity contribution in [3.63, 3.8) is 0 Å². The molecular weight excluding hydrogens is 480 g/mol. The third kappa shape index (κ3) is 5.11. The Bertz CT molecular complexity index is 1480. The molecule has 1 saturated carbocycles. The molecule has 1 atom stereocenters. The number of nitrogens with zero attached hydrogens (tertiary/aromatic N) is 7. The molecule has 1 unspecified atom stereocenters. The number of ether oxygens (including phenoxy) is 1. The van der Waals surface area contributed by atoms with Gasteiger partial charge in [0, 0.05) is 12.2 Å². The summed E-state index contributed by atoms with van der Waals surface area (Å²) < 4.78 is 7.21. The fourth-order valence-electron chi connectivity index (χ4n) is 5.07. The van der Waals surface area contributed by atoms with E-state index >= 15 is 0 Å². The van der Waals surface area contributed by atoms with Gasteiger partial charge < -0.3 is 15.2 Å². The number of hydrogen-bond donors (Lipinski definition) is 2. The van der Waals surface area contributed by atoms with E-state index in [0.29, 0.717) is 48.4 Å². The van der Waals surface area contributed by atoms with Crippen LogP contribution in [0.4, 0.5) is 5.95 Å². The lowest BCUT2D eigenvalue weighted by Gasteiger charge is -2.21. The Hall–Kier alpha value is -4.20. The third-order valence-corrected chi connectivity index (χ3v) is 7.12. The molecule has 10 heteroatoms. The molecule has 1 saturated heterocycles. The number of rotatable bonds is 7. The van der Waals surface area contributed by atoms with Crippen molar-refractivity contribution in [1.82, 2.24) is 29.9 Å². The minimum absolute atomic E-state index is 0.132. The summed E-state index contributed by atoms with van der Waals surface area (Å²) in [5.74, 6) is 0.476. The van der Waals surface area contributed by atoms with E-state index < -0.39 is 5.60 Å². The van der Waals surface area contributed by atoms with Gasteiger partial charge in [0.2, 0.25) is 5.95 Å². The maximum atomic E-state index is 10.9. The van der Waals surface area contributed by atoms with Crippen LogP contribution in [0.1, 0.15) is 49.1 Å². The van der Waals surface area contributed by atoms with Gasteiger partial charge in [-0.2, -0.15) is 5.26 Å². The Morgan fingerprint density at radius 3 is 2.71 bits per heavy atom. The van der Waals surface area contributed by atoms with E-state index in [1.807, 2.05) is 48.7 Å². The summed E-state index contributed by atoms with van der Waals surface area (Å²) >= 11 is 0. The lowest BCUT2D eigenvalue weighted by Crippen LogP contribution is -2.23. The molecule has 10 nitrogen and oxygen atoms in total. The summed E-state index contributed by atoms with van der Waals surface area (Å²) in [6, 6.07) is 17.3. The highest BCUT2D eigenvalue weighted by atomic mass is 16.5. The molecule has 4 aromatic rings. The Kier molecular flexibility index (Phi) is 6.54. The standard InChI is InChI=1S/C28H28N8O2/c29-15-19-5-3-6-20(13-19)23-14-24(33-27(32-23)31-22-9-12-38-18-22)25-17-36(35-34-25)16-21-7-4-8-26(30-21)28(37)10-1-2-11-28/h3-8,13-14,17,22,37H,1-2,9-12,16,18H2,(H,31,32,33). The van der Waals surface area contributed by atoms with Crippen LogP contribution in [0, 0.1) is 11.3 Å². The van der Waals surface area contributed by atoms with Crippen LogP contribution >= 0.6 is 0 Å².